The fourth-order valence-corrected chi connectivity index (χ4v) is 2.99. The SMILES string of the molecule is CNC(c1cccc(F)c1)C1CCC(C)CC1. The van der Waals surface area contributed by atoms with Crippen LogP contribution in [0.15, 0.2) is 24.3 Å². The molecule has 0 spiro atoms. The van der Waals surface area contributed by atoms with Crippen LogP contribution in [0, 0.1) is 17.7 Å². The average molecular weight is 235 g/mol. The van der Waals surface area contributed by atoms with Crippen molar-refractivity contribution in [1.82, 2.24) is 5.32 Å². The Hall–Kier alpha value is -0.890. The first-order valence-electron chi connectivity index (χ1n) is 6.63. The number of halogens is 1. The molecule has 0 saturated heterocycles. The Labute approximate surface area is 103 Å². The molecule has 0 bridgehead atoms. The average Bonchev–Trinajstić information content (AvgIpc) is 2.33. The summed E-state index contributed by atoms with van der Waals surface area (Å²) < 4.78 is 13.3. The zero-order valence-corrected chi connectivity index (χ0v) is 10.7. The Kier molecular flexibility index (Phi) is 4.16. The van der Waals surface area contributed by atoms with Crippen molar-refractivity contribution in [3.8, 4) is 0 Å². The van der Waals surface area contributed by atoms with Crippen LogP contribution in [0.3, 0.4) is 0 Å². The van der Waals surface area contributed by atoms with Gasteiger partial charge in [-0.2, -0.15) is 0 Å². The van der Waals surface area contributed by atoms with E-state index >= 15 is 0 Å². The fraction of sp³-hybridized carbons (Fsp3) is 0.600. The summed E-state index contributed by atoms with van der Waals surface area (Å²) in [4.78, 5) is 0. The van der Waals surface area contributed by atoms with Gasteiger partial charge in [0, 0.05) is 6.04 Å². The number of hydrogen-bond donors (Lipinski definition) is 1. The molecule has 0 heterocycles. The molecule has 1 aromatic rings. The van der Waals surface area contributed by atoms with E-state index in [0.717, 1.165) is 11.5 Å². The Morgan fingerprint density at radius 1 is 1.24 bits per heavy atom. The van der Waals surface area contributed by atoms with E-state index in [-0.39, 0.29) is 5.82 Å². The summed E-state index contributed by atoms with van der Waals surface area (Å²) >= 11 is 0. The van der Waals surface area contributed by atoms with Gasteiger partial charge >= 0.3 is 0 Å². The van der Waals surface area contributed by atoms with Crippen LogP contribution in [-0.4, -0.2) is 7.05 Å². The topological polar surface area (TPSA) is 12.0 Å². The van der Waals surface area contributed by atoms with Crippen molar-refractivity contribution in [2.75, 3.05) is 7.05 Å². The monoisotopic (exact) mass is 235 g/mol. The van der Waals surface area contributed by atoms with Crippen molar-refractivity contribution in [3.63, 3.8) is 0 Å². The van der Waals surface area contributed by atoms with Gasteiger partial charge in [0.2, 0.25) is 0 Å². The van der Waals surface area contributed by atoms with Gasteiger partial charge in [0.15, 0.2) is 0 Å². The molecule has 1 unspecified atom stereocenters. The quantitative estimate of drug-likeness (QED) is 0.837. The lowest BCUT2D eigenvalue weighted by Crippen LogP contribution is -2.28. The van der Waals surface area contributed by atoms with Crippen LogP contribution < -0.4 is 5.32 Å². The molecule has 1 aliphatic rings. The summed E-state index contributed by atoms with van der Waals surface area (Å²) in [6.07, 6.45) is 5.11. The maximum absolute atomic E-state index is 13.3. The third kappa shape index (κ3) is 3.06. The van der Waals surface area contributed by atoms with Crippen molar-refractivity contribution < 1.29 is 4.39 Å². The summed E-state index contributed by atoms with van der Waals surface area (Å²) in [5, 5.41) is 3.36. The van der Waals surface area contributed by atoms with Crippen LogP contribution >= 0.6 is 0 Å². The highest BCUT2D eigenvalue weighted by Crippen LogP contribution is 2.36. The lowest BCUT2D eigenvalue weighted by molar-refractivity contribution is 0.237. The van der Waals surface area contributed by atoms with E-state index in [1.165, 1.54) is 31.7 Å². The minimum atomic E-state index is -0.132. The van der Waals surface area contributed by atoms with Gasteiger partial charge in [-0.25, -0.2) is 4.39 Å². The molecular weight excluding hydrogens is 213 g/mol. The van der Waals surface area contributed by atoms with Crippen LogP contribution in [0.25, 0.3) is 0 Å². The van der Waals surface area contributed by atoms with Gasteiger partial charge in [-0.1, -0.05) is 31.9 Å². The van der Waals surface area contributed by atoms with E-state index in [1.54, 1.807) is 12.1 Å². The van der Waals surface area contributed by atoms with E-state index in [4.69, 9.17) is 0 Å². The molecule has 1 aliphatic carbocycles. The lowest BCUT2D eigenvalue weighted by Gasteiger charge is -2.33. The molecule has 2 heteroatoms. The van der Waals surface area contributed by atoms with Crippen molar-refractivity contribution in [2.24, 2.45) is 11.8 Å². The van der Waals surface area contributed by atoms with Crippen LogP contribution in [-0.2, 0) is 0 Å². The smallest absolute Gasteiger partial charge is 0.123 e. The van der Waals surface area contributed by atoms with Gasteiger partial charge in [-0.05, 0) is 49.4 Å². The molecule has 17 heavy (non-hydrogen) atoms. The minimum absolute atomic E-state index is 0.132. The molecule has 94 valence electrons. The Bertz CT molecular complexity index is 356. The van der Waals surface area contributed by atoms with E-state index < -0.39 is 0 Å². The zero-order valence-electron chi connectivity index (χ0n) is 10.7. The summed E-state index contributed by atoms with van der Waals surface area (Å²) in [6.45, 7) is 2.33. The van der Waals surface area contributed by atoms with Gasteiger partial charge in [-0.15, -0.1) is 0 Å². The number of hydrogen-bond acceptors (Lipinski definition) is 1. The fourth-order valence-electron chi connectivity index (χ4n) is 2.99. The van der Waals surface area contributed by atoms with Gasteiger partial charge < -0.3 is 5.32 Å². The molecule has 0 aromatic heterocycles. The normalized spacial score (nSPS) is 26.8. The summed E-state index contributed by atoms with van der Waals surface area (Å²) in [5.74, 6) is 1.38. The van der Waals surface area contributed by atoms with Crippen molar-refractivity contribution in [3.05, 3.63) is 35.6 Å². The van der Waals surface area contributed by atoms with Crippen LogP contribution in [0.1, 0.15) is 44.2 Å². The van der Waals surface area contributed by atoms with Gasteiger partial charge in [0.25, 0.3) is 0 Å². The van der Waals surface area contributed by atoms with E-state index in [1.807, 2.05) is 13.1 Å². The molecule has 1 atom stereocenters. The molecule has 0 amide bonds. The Balaban J connectivity index is 2.10. The lowest BCUT2D eigenvalue weighted by atomic mass is 9.77. The highest BCUT2D eigenvalue weighted by molar-refractivity contribution is 5.21. The third-order valence-electron chi connectivity index (χ3n) is 4.05. The molecule has 1 fully saturated rings. The van der Waals surface area contributed by atoms with Gasteiger partial charge in [0.05, 0.1) is 0 Å². The first kappa shape index (κ1) is 12.6. The predicted molar refractivity (Wildman–Crippen MR) is 69.3 cm³/mol. The first-order valence-corrected chi connectivity index (χ1v) is 6.63. The third-order valence-corrected chi connectivity index (χ3v) is 4.05. The molecule has 1 N–H and O–H groups in total. The van der Waals surface area contributed by atoms with E-state index in [9.17, 15) is 4.39 Å². The highest BCUT2D eigenvalue weighted by atomic mass is 19.1. The van der Waals surface area contributed by atoms with Crippen molar-refractivity contribution in [2.45, 2.75) is 38.6 Å². The highest BCUT2D eigenvalue weighted by Gasteiger charge is 2.26. The number of rotatable bonds is 3. The second-order valence-corrected chi connectivity index (χ2v) is 5.34. The predicted octanol–water partition coefficient (Wildman–Crippen LogP) is 3.91. The van der Waals surface area contributed by atoms with Gasteiger partial charge in [-0.3, -0.25) is 0 Å². The summed E-state index contributed by atoms with van der Waals surface area (Å²) in [5.41, 5.74) is 1.09. The maximum atomic E-state index is 13.3. The zero-order chi connectivity index (χ0) is 12.3. The summed E-state index contributed by atoms with van der Waals surface area (Å²) in [7, 11) is 1.98. The van der Waals surface area contributed by atoms with Crippen molar-refractivity contribution in [1.29, 1.82) is 0 Å². The Morgan fingerprint density at radius 3 is 2.53 bits per heavy atom. The molecule has 0 radical (unpaired) electrons. The molecule has 2 rings (SSSR count). The molecular formula is C15H22FN. The maximum Gasteiger partial charge on any atom is 0.123 e. The first-order chi connectivity index (χ1) is 8.20. The Morgan fingerprint density at radius 2 is 1.94 bits per heavy atom. The van der Waals surface area contributed by atoms with Crippen molar-refractivity contribution >= 4 is 0 Å². The molecule has 1 aromatic carbocycles. The van der Waals surface area contributed by atoms with Crippen LogP contribution in [0.5, 0.6) is 0 Å². The van der Waals surface area contributed by atoms with Gasteiger partial charge in [0.1, 0.15) is 5.82 Å². The molecule has 0 aliphatic heterocycles. The standard InChI is InChI=1S/C15H22FN/c1-11-6-8-12(9-7-11)15(17-2)13-4-3-5-14(16)10-13/h3-5,10-12,15,17H,6-9H2,1-2H3. The summed E-state index contributed by atoms with van der Waals surface area (Å²) in [6, 6.07) is 7.32. The van der Waals surface area contributed by atoms with E-state index in [2.05, 4.69) is 12.2 Å². The largest absolute Gasteiger partial charge is 0.313 e. The number of nitrogens with one attached hydrogen (secondary N) is 1. The minimum Gasteiger partial charge on any atom is -0.313 e. The second kappa shape index (κ2) is 5.63. The van der Waals surface area contributed by atoms with Crippen LogP contribution in [0.4, 0.5) is 4.39 Å². The van der Waals surface area contributed by atoms with E-state index in [0.29, 0.717) is 12.0 Å². The molecule has 1 nitrogen and oxygen atoms in total. The van der Waals surface area contributed by atoms with Crippen LogP contribution in [0.2, 0.25) is 0 Å². The number of benzene rings is 1. The second-order valence-electron chi connectivity index (χ2n) is 5.34. The molecule has 1 saturated carbocycles.